The zero-order chi connectivity index (χ0) is 58.5. The maximum Gasteiger partial charge on any atom is 0.306 e. The van der Waals surface area contributed by atoms with Gasteiger partial charge >= 0.3 is 17.9 Å². The fraction of sp³-hybridized carbons (Fsp3) is 0.507. The Morgan fingerprint density at radius 1 is 0.259 bits per heavy atom. The Morgan fingerprint density at radius 2 is 0.494 bits per heavy atom. The largest absolute Gasteiger partial charge is 0.462 e. The third-order valence-corrected chi connectivity index (χ3v) is 12.3. The summed E-state index contributed by atoms with van der Waals surface area (Å²) in [4.78, 5) is 37.9. The second kappa shape index (κ2) is 66.5. The van der Waals surface area contributed by atoms with Crippen LogP contribution in [0.4, 0.5) is 0 Å². The molecule has 0 rings (SSSR count). The van der Waals surface area contributed by atoms with Crippen molar-refractivity contribution in [1.29, 1.82) is 0 Å². The van der Waals surface area contributed by atoms with Gasteiger partial charge in [0.25, 0.3) is 0 Å². The molecule has 0 aliphatic carbocycles. The quantitative estimate of drug-likeness (QED) is 0.0261. The van der Waals surface area contributed by atoms with Gasteiger partial charge in [-0.15, -0.1) is 0 Å². The van der Waals surface area contributed by atoms with E-state index >= 15 is 0 Å². The van der Waals surface area contributed by atoms with Crippen molar-refractivity contribution in [3.05, 3.63) is 207 Å². The van der Waals surface area contributed by atoms with Crippen molar-refractivity contribution < 1.29 is 28.6 Å². The van der Waals surface area contributed by atoms with E-state index in [1.54, 1.807) is 0 Å². The van der Waals surface area contributed by atoms with Crippen molar-refractivity contribution in [3.63, 3.8) is 0 Å². The number of allylic oxidation sites excluding steroid dienone is 34. The summed E-state index contributed by atoms with van der Waals surface area (Å²) in [6, 6.07) is 0. The normalized spacial score (nSPS) is 13.6. The molecule has 6 heteroatoms. The topological polar surface area (TPSA) is 78.9 Å². The minimum absolute atomic E-state index is 0.121. The lowest BCUT2D eigenvalue weighted by molar-refractivity contribution is -0.167. The second-order valence-electron chi connectivity index (χ2n) is 19.9. The molecule has 0 spiro atoms. The summed E-state index contributed by atoms with van der Waals surface area (Å²) < 4.78 is 16.7. The number of unbranched alkanes of at least 4 members (excludes halogenated alkanes) is 9. The predicted octanol–water partition coefficient (Wildman–Crippen LogP) is 22.0. The van der Waals surface area contributed by atoms with E-state index < -0.39 is 6.10 Å². The lowest BCUT2D eigenvalue weighted by Gasteiger charge is -2.18. The first-order valence-electron chi connectivity index (χ1n) is 31.6. The highest BCUT2D eigenvalue weighted by atomic mass is 16.6. The zero-order valence-corrected chi connectivity index (χ0v) is 51.2. The number of carbonyl (C=O) groups excluding carboxylic acids is 3. The van der Waals surface area contributed by atoms with Crippen LogP contribution in [0.15, 0.2) is 207 Å². The van der Waals surface area contributed by atoms with Crippen LogP contribution >= 0.6 is 0 Å². The van der Waals surface area contributed by atoms with E-state index in [2.05, 4.69) is 227 Å². The molecule has 0 fully saturated rings. The number of hydrogen-bond donors (Lipinski definition) is 0. The standard InChI is InChI=1S/C75H112O6/c1-4-7-10-13-15-17-19-21-23-25-27-29-31-32-33-34-35-36-37-38-39-40-41-42-44-45-47-49-51-53-55-57-59-62-65-68-74(77)80-71-72(70-79-73(76)67-64-61-12-9-6-3)81-75(78)69-66-63-60-58-56-54-52-50-48-46-43-30-28-26-24-22-20-18-16-14-11-8-5-2/h7-8,10-11,15-18,21-24,27-30,32-33,35-36,38-39,41-42,45-48,51-54,58,60,72H,4-6,9,12-14,19-20,25-26,31,34,37,40,43-44,49-50,55-57,59,61-71H2,1-3H3/b10-7-,11-8-,17-15-,18-16-,23-21-,24-22-,29-27-,30-28-,33-32-,36-35-,39-38-,42-41-,47-45-,48-46-,53-51-,54-52-,60-58-. The Morgan fingerprint density at radius 3 is 0.778 bits per heavy atom. The second-order valence-corrected chi connectivity index (χ2v) is 19.9. The van der Waals surface area contributed by atoms with E-state index in [1.807, 2.05) is 0 Å². The molecule has 1 atom stereocenters. The molecule has 0 saturated carbocycles. The van der Waals surface area contributed by atoms with Gasteiger partial charge < -0.3 is 14.2 Å². The lowest BCUT2D eigenvalue weighted by Crippen LogP contribution is -2.30. The average molecular weight is 1110 g/mol. The monoisotopic (exact) mass is 1110 g/mol. The van der Waals surface area contributed by atoms with Crippen LogP contribution in [0.1, 0.15) is 226 Å². The first-order valence-corrected chi connectivity index (χ1v) is 31.6. The maximum atomic E-state index is 12.8. The Hall–Kier alpha value is -6.01. The number of ether oxygens (including phenoxy) is 3. The van der Waals surface area contributed by atoms with Crippen LogP contribution in [-0.2, 0) is 28.6 Å². The first kappa shape index (κ1) is 75.0. The summed E-state index contributed by atoms with van der Waals surface area (Å²) in [7, 11) is 0. The highest BCUT2D eigenvalue weighted by Crippen LogP contribution is 2.11. The molecule has 0 aromatic heterocycles. The zero-order valence-electron chi connectivity index (χ0n) is 51.2. The molecule has 0 bridgehead atoms. The van der Waals surface area contributed by atoms with Crippen molar-refractivity contribution >= 4 is 17.9 Å². The van der Waals surface area contributed by atoms with Gasteiger partial charge in [0.1, 0.15) is 13.2 Å². The molecule has 0 amide bonds. The minimum atomic E-state index is -0.828. The Balaban J connectivity index is 4.25. The molecule has 1 unspecified atom stereocenters. The van der Waals surface area contributed by atoms with Crippen molar-refractivity contribution in [1.82, 2.24) is 0 Å². The van der Waals surface area contributed by atoms with Gasteiger partial charge in [-0.2, -0.15) is 0 Å². The van der Waals surface area contributed by atoms with Gasteiger partial charge in [-0.05, 0) is 148 Å². The van der Waals surface area contributed by atoms with Crippen LogP contribution in [0.3, 0.4) is 0 Å². The number of carbonyl (C=O) groups is 3. The fourth-order valence-electron chi connectivity index (χ4n) is 7.63. The van der Waals surface area contributed by atoms with E-state index in [-0.39, 0.29) is 37.5 Å². The third-order valence-electron chi connectivity index (χ3n) is 12.3. The van der Waals surface area contributed by atoms with Crippen molar-refractivity contribution in [2.24, 2.45) is 0 Å². The highest BCUT2D eigenvalue weighted by molar-refractivity contribution is 5.71. The minimum Gasteiger partial charge on any atom is -0.462 e. The van der Waals surface area contributed by atoms with Crippen LogP contribution in [0.5, 0.6) is 0 Å². The van der Waals surface area contributed by atoms with Gasteiger partial charge in [-0.25, -0.2) is 0 Å². The smallest absolute Gasteiger partial charge is 0.306 e. The molecule has 0 saturated heterocycles. The van der Waals surface area contributed by atoms with Crippen molar-refractivity contribution in [3.8, 4) is 0 Å². The summed E-state index contributed by atoms with van der Waals surface area (Å²) in [5.74, 6) is -1.04. The van der Waals surface area contributed by atoms with Crippen molar-refractivity contribution in [2.75, 3.05) is 13.2 Å². The molecule has 0 aliphatic heterocycles. The molecule has 0 aromatic carbocycles. The van der Waals surface area contributed by atoms with Gasteiger partial charge in [0.15, 0.2) is 6.10 Å². The average Bonchev–Trinajstić information content (AvgIpc) is 3.47. The SMILES string of the molecule is CC/C=C\C/C=C\C/C=C\C/C=C\C/C=C\C/C=C\C/C=C\C/C=C\C/C=C\C/C=C\CCCCCCC(=O)OCC(COC(=O)CCCCCCC)OC(=O)CCC/C=C\C/C=C\C/C=C\C/C=C\C/C=C\C/C=C\C/C=C\CC. The summed E-state index contributed by atoms with van der Waals surface area (Å²) >= 11 is 0. The summed E-state index contributed by atoms with van der Waals surface area (Å²) in [6.45, 7) is 6.23. The number of hydrogen-bond acceptors (Lipinski definition) is 6. The van der Waals surface area contributed by atoms with E-state index in [9.17, 15) is 14.4 Å². The van der Waals surface area contributed by atoms with Crippen LogP contribution in [0.2, 0.25) is 0 Å². The Labute approximate surface area is 496 Å². The number of esters is 3. The van der Waals surface area contributed by atoms with E-state index in [4.69, 9.17) is 14.2 Å². The molecule has 6 nitrogen and oxygen atoms in total. The Bertz CT molecular complexity index is 2000. The van der Waals surface area contributed by atoms with E-state index in [0.29, 0.717) is 19.3 Å². The van der Waals surface area contributed by atoms with Crippen LogP contribution in [0.25, 0.3) is 0 Å². The molecule has 0 radical (unpaired) electrons. The third kappa shape index (κ3) is 64.7. The summed E-state index contributed by atoms with van der Waals surface area (Å²) in [5, 5.41) is 0. The van der Waals surface area contributed by atoms with Gasteiger partial charge in [0.2, 0.25) is 0 Å². The lowest BCUT2D eigenvalue weighted by atomic mass is 10.1. The van der Waals surface area contributed by atoms with Crippen molar-refractivity contribution in [2.45, 2.75) is 232 Å². The maximum absolute atomic E-state index is 12.8. The molecule has 448 valence electrons. The van der Waals surface area contributed by atoms with Gasteiger partial charge in [0, 0.05) is 19.3 Å². The van der Waals surface area contributed by atoms with E-state index in [1.165, 1.54) is 0 Å². The first-order chi connectivity index (χ1) is 40.0. The van der Waals surface area contributed by atoms with Crippen LogP contribution in [0, 0.1) is 0 Å². The molecular weight excluding hydrogens is 997 g/mol. The van der Waals surface area contributed by atoms with Gasteiger partial charge in [-0.3, -0.25) is 14.4 Å². The molecule has 81 heavy (non-hydrogen) atoms. The molecule has 0 aromatic rings. The number of rotatable bonds is 54. The van der Waals surface area contributed by atoms with Gasteiger partial charge in [-0.1, -0.05) is 266 Å². The van der Waals surface area contributed by atoms with Gasteiger partial charge in [0.05, 0.1) is 0 Å². The van der Waals surface area contributed by atoms with E-state index in [0.717, 1.165) is 180 Å². The predicted molar refractivity (Wildman–Crippen MR) is 352 cm³/mol. The highest BCUT2D eigenvalue weighted by Gasteiger charge is 2.19. The summed E-state index contributed by atoms with van der Waals surface area (Å²) in [5.41, 5.74) is 0. The summed E-state index contributed by atoms with van der Waals surface area (Å²) in [6.07, 6.45) is 103. The van der Waals surface area contributed by atoms with Crippen LogP contribution in [-0.4, -0.2) is 37.2 Å². The molecular formula is C75H112O6. The molecule has 0 heterocycles. The fourth-order valence-corrected chi connectivity index (χ4v) is 7.63. The Kier molecular flexibility index (Phi) is 61.6. The van der Waals surface area contributed by atoms with Crippen LogP contribution < -0.4 is 0 Å². The molecule has 0 aliphatic rings. The molecule has 0 N–H and O–H groups in total.